The first-order valence-corrected chi connectivity index (χ1v) is 8.63. The molecule has 3 nitrogen and oxygen atoms in total. The summed E-state index contributed by atoms with van der Waals surface area (Å²) in [6.07, 6.45) is 4.36. The van der Waals surface area contributed by atoms with Crippen LogP contribution in [0.15, 0.2) is 18.3 Å². The number of hydrogen-bond donors (Lipinski definition) is 1. The van der Waals surface area contributed by atoms with Crippen molar-refractivity contribution in [3.05, 3.63) is 23.9 Å². The Hall–Kier alpha value is -1.09. The number of nitrogens with one attached hydrogen (secondary N) is 1. The van der Waals surface area contributed by atoms with Crippen molar-refractivity contribution in [1.29, 1.82) is 0 Å². The Balaban J connectivity index is 1.83. The van der Waals surface area contributed by atoms with Gasteiger partial charge in [0.15, 0.2) is 0 Å². The van der Waals surface area contributed by atoms with Crippen LogP contribution in [0, 0.1) is 24.2 Å². The maximum absolute atomic E-state index is 5.91. The lowest BCUT2D eigenvalue weighted by Gasteiger charge is -2.27. The van der Waals surface area contributed by atoms with Crippen molar-refractivity contribution in [3.63, 3.8) is 0 Å². The summed E-state index contributed by atoms with van der Waals surface area (Å²) in [5, 5.41) is 3.71. The molecule has 0 aliphatic heterocycles. The summed E-state index contributed by atoms with van der Waals surface area (Å²) >= 11 is 0. The maximum atomic E-state index is 5.91. The van der Waals surface area contributed by atoms with Crippen molar-refractivity contribution >= 4 is 0 Å². The van der Waals surface area contributed by atoms with Crippen molar-refractivity contribution in [3.8, 4) is 5.88 Å². The fourth-order valence-electron chi connectivity index (χ4n) is 3.72. The predicted octanol–water partition coefficient (Wildman–Crippen LogP) is 4.21. The van der Waals surface area contributed by atoms with Gasteiger partial charge >= 0.3 is 0 Å². The molecule has 3 unspecified atom stereocenters. The smallest absolute Gasteiger partial charge is 0.216 e. The normalized spacial score (nSPS) is 27.7. The quantitative estimate of drug-likeness (QED) is 0.781. The minimum atomic E-state index is -0.0422. The third-order valence-electron chi connectivity index (χ3n) is 5.60. The average molecular weight is 304 g/mol. The van der Waals surface area contributed by atoms with Crippen LogP contribution in [0.1, 0.15) is 53.0 Å². The molecule has 1 heterocycles. The fraction of sp³-hybridized carbons (Fsp3) is 0.737. The van der Waals surface area contributed by atoms with E-state index in [2.05, 4.69) is 44.9 Å². The Bertz CT molecular complexity index is 500. The average Bonchev–Trinajstić information content (AvgIpc) is 3.09. The first-order valence-electron chi connectivity index (χ1n) is 8.63. The molecular weight excluding hydrogens is 272 g/mol. The van der Waals surface area contributed by atoms with Crippen molar-refractivity contribution < 1.29 is 4.74 Å². The molecule has 0 bridgehead atoms. The zero-order valence-electron chi connectivity index (χ0n) is 15.1. The Morgan fingerprint density at radius 2 is 2.05 bits per heavy atom. The second-order valence-electron chi connectivity index (χ2n) is 7.66. The van der Waals surface area contributed by atoms with Crippen molar-refractivity contribution in [2.45, 2.75) is 59.9 Å². The molecule has 124 valence electrons. The van der Waals surface area contributed by atoms with E-state index in [0.717, 1.165) is 29.8 Å². The number of aromatic nitrogens is 1. The SMILES string of the molecule is CCC1C(CNC(C)(C)COc2ncccc2C)C1(C)CC. The largest absolute Gasteiger partial charge is 0.476 e. The number of rotatable bonds is 8. The monoisotopic (exact) mass is 304 g/mol. The Morgan fingerprint density at radius 1 is 1.32 bits per heavy atom. The maximum Gasteiger partial charge on any atom is 0.216 e. The van der Waals surface area contributed by atoms with Gasteiger partial charge in [-0.2, -0.15) is 0 Å². The predicted molar refractivity (Wildman–Crippen MR) is 92.2 cm³/mol. The minimum Gasteiger partial charge on any atom is -0.476 e. The Kier molecular flexibility index (Phi) is 5.16. The molecule has 1 saturated carbocycles. The molecule has 1 fully saturated rings. The molecule has 1 aromatic rings. The van der Waals surface area contributed by atoms with E-state index in [9.17, 15) is 0 Å². The van der Waals surface area contributed by atoms with Gasteiger partial charge in [-0.1, -0.05) is 39.7 Å². The highest BCUT2D eigenvalue weighted by molar-refractivity contribution is 5.23. The molecule has 0 aromatic carbocycles. The highest BCUT2D eigenvalue weighted by atomic mass is 16.5. The number of ether oxygens (including phenoxy) is 1. The Morgan fingerprint density at radius 3 is 2.59 bits per heavy atom. The third-order valence-corrected chi connectivity index (χ3v) is 5.60. The molecule has 0 radical (unpaired) electrons. The van der Waals surface area contributed by atoms with E-state index in [4.69, 9.17) is 4.74 Å². The fourth-order valence-corrected chi connectivity index (χ4v) is 3.72. The number of aryl methyl sites for hydroxylation is 1. The lowest BCUT2D eigenvalue weighted by Crippen LogP contribution is -2.46. The number of pyridine rings is 1. The topological polar surface area (TPSA) is 34.1 Å². The molecule has 22 heavy (non-hydrogen) atoms. The van der Waals surface area contributed by atoms with Crippen LogP contribution in [0.25, 0.3) is 0 Å². The standard InChI is InChI=1S/C19H32N2O/c1-7-15-16(19(15,6)8-2)12-21-18(4,5)13-22-17-14(3)10-9-11-20-17/h9-11,15-16,21H,7-8,12-13H2,1-6H3. The molecule has 1 aliphatic rings. The van der Waals surface area contributed by atoms with Crippen LogP contribution in [0.5, 0.6) is 5.88 Å². The van der Waals surface area contributed by atoms with Gasteiger partial charge in [0.05, 0.1) is 0 Å². The first kappa shape index (κ1) is 17.3. The highest BCUT2D eigenvalue weighted by Crippen LogP contribution is 2.62. The lowest BCUT2D eigenvalue weighted by atomic mass is 10.0. The van der Waals surface area contributed by atoms with Crippen LogP contribution >= 0.6 is 0 Å². The molecule has 3 heteroatoms. The summed E-state index contributed by atoms with van der Waals surface area (Å²) in [5.74, 6) is 2.42. The van der Waals surface area contributed by atoms with Crippen LogP contribution in [-0.2, 0) is 0 Å². The van der Waals surface area contributed by atoms with E-state index in [0.29, 0.717) is 12.0 Å². The van der Waals surface area contributed by atoms with E-state index in [1.54, 1.807) is 6.20 Å². The number of hydrogen-bond acceptors (Lipinski definition) is 3. The number of nitrogens with zero attached hydrogens (tertiary/aromatic N) is 1. The molecule has 1 aliphatic carbocycles. The van der Waals surface area contributed by atoms with Gasteiger partial charge in [-0.15, -0.1) is 0 Å². The van der Waals surface area contributed by atoms with Crippen LogP contribution < -0.4 is 10.1 Å². The summed E-state index contributed by atoms with van der Waals surface area (Å²) < 4.78 is 5.91. The minimum absolute atomic E-state index is 0.0422. The van der Waals surface area contributed by atoms with E-state index < -0.39 is 0 Å². The molecule has 2 rings (SSSR count). The molecule has 1 aromatic heterocycles. The van der Waals surface area contributed by atoms with Gasteiger partial charge in [-0.3, -0.25) is 0 Å². The second kappa shape index (κ2) is 6.57. The van der Waals surface area contributed by atoms with Gasteiger partial charge in [0.1, 0.15) is 6.61 Å². The van der Waals surface area contributed by atoms with Gasteiger partial charge in [-0.05, 0) is 50.6 Å². The zero-order chi connectivity index (χ0) is 16.4. The van der Waals surface area contributed by atoms with Gasteiger partial charge in [-0.25, -0.2) is 4.98 Å². The van der Waals surface area contributed by atoms with Crippen LogP contribution in [0.3, 0.4) is 0 Å². The van der Waals surface area contributed by atoms with Gasteiger partial charge in [0.25, 0.3) is 0 Å². The summed E-state index contributed by atoms with van der Waals surface area (Å²) in [6, 6.07) is 3.97. The third kappa shape index (κ3) is 3.62. The molecule has 3 atom stereocenters. The summed E-state index contributed by atoms with van der Waals surface area (Å²) in [6.45, 7) is 15.2. The second-order valence-corrected chi connectivity index (χ2v) is 7.66. The lowest BCUT2D eigenvalue weighted by molar-refractivity contribution is 0.197. The zero-order valence-corrected chi connectivity index (χ0v) is 15.1. The van der Waals surface area contributed by atoms with Gasteiger partial charge in [0.2, 0.25) is 5.88 Å². The molecule has 0 spiro atoms. The van der Waals surface area contributed by atoms with E-state index in [1.807, 2.05) is 19.1 Å². The summed E-state index contributed by atoms with van der Waals surface area (Å²) in [5.41, 5.74) is 1.58. The van der Waals surface area contributed by atoms with Crippen molar-refractivity contribution in [2.75, 3.05) is 13.2 Å². The van der Waals surface area contributed by atoms with Crippen LogP contribution in [0.2, 0.25) is 0 Å². The summed E-state index contributed by atoms with van der Waals surface area (Å²) in [7, 11) is 0. The van der Waals surface area contributed by atoms with E-state index in [-0.39, 0.29) is 5.54 Å². The van der Waals surface area contributed by atoms with Gasteiger partial charge in [0, 0.05) is 17.3 Å². The van der Waals surface area contributed by atoms with E-state index in [1.165, 1.54) is 12.8 Å². The van der Waals surface area contributed by atoms with Gasteiger partial charge < -0.3 is 10.1 Å². The van der Waals surface area contributed by atoms with Crippen LogP contribution in [0.4, 0.5) is 0 Å². The first-order chi connectivity index (χ1) is 10.3. The highest BCUT2D eigenvalue weighted by Gasteiger charge is 2.57. The summed E-state index contributed by atoms with van der Waals surface area (Å²) in [4.78, 5) is 4.30. The van der Waals surface area contributed by atoms with Crippen LogP contribution in [-0.4, -0.2) is 23.7 Å². The molecule has 1 N–H and O–H groups in total. The Labute approximate surface area is 135 Å². The molecule has 0 saturated heterocycles. The van der Waals surface area contributed by atoms with Crippen molar-refractivity contribution in [1.82, 2.24) is 10.3 Å². The van der Waals surface area contributed by atoms with E-state index >= 15 is 0 Å². The molecule has 0 amide bonds. The van der Waals surface area contributed by atoms with Crippen molar-refractivity contribution in [2.24, 2.45) is 17.3 Å². The molecular formula is C19H32N2O.